The Labute approximate surface area is 143 Å². The first-order chi connectivity index (χ1) is 11.6. The molecule has 0 unspecified atom stereocenters. The molecule has 1 aliphatic carbocycles. The van der Waals surface area contributed by atoms with Crippen LogP contribution in [-0.2, 0) is 0 Å². The number of nitrogens with zero attached hydrogens (tertiary/aromatic N) is 2. The van der Waals surface area contributed by atoms with E-state index in [0.29, 0.717) is 30.5 Å². The molecule has 1 aliphatic rings. The van der Waals surface area contributed by atoms with Crippen LogP contribution in [0.5, 0.6) is 5.75 Å². The number of nitrogens with one attached hydrogen (secondary N) is 2. The lowest BCUT2D eigenvalue weighted by atomic mass is 9.90. The Kier molecular flexibility index (Phi) is 6.89. The third-order valence-corrected chi connectivity index (χ3v) is 4.35. The minimum absolute atomic E-state index is 0.136. The van der Waals surface area contributed by atoms with Gasteiger partial charge in [-0.25, -0.2) is 4.79 Å². The van der Waals surface area contributed by atoms with E-state index < -0.39 is 0 Å². The Morgan fingerprint density at radius 3 is 2.75 bits per heavy atom. The van der Waals surface area contributed by atoms with Crippen molar-refractivity contribution in [3.8, 4) is 11.8 Å². The minimum atomic E-state index is -0.136. The van der Waals surface area contributed by atoms with Crippen LogP contribution in [-0.4, -0.2) is 50.3 Å². The third kappa shape index (κ3) is 5.74. The first-order valence-electron chi connectivity index (χ1n) is 8.42. The molecule has 1 fully saturated rings. The Morgan fingerprint density at radius 2 is 2.08 bits per heavy atom. The molecule has 1 aromatic carbocycles. The maximum Gasteiger partial charge on any atom is 0.315 e. The van der Waals surface area contributed by atoms with Crippen LogP contribution in [0.2, 0.25) is 0 Å². The topological polar surface area (TPSA) is 77.4 Å². The average Bonchev–Trinajstić information content (AvgIpc) is 2.59. The summed E-state index contributed by atoms with van der Waals surface area (Å²) in [4.78, 5) is 14.2. The van der Waals surface area contributed by atoms with E-state index in [1.165, 1.54) is 6.42 Å². The van der Waals surface area contributed by atoms with Gasteiger partial charge in [-0.15, -0.1) is 0 Å². The van der Waals surface area contributed by atoms with E-state index in [0.717, 1.165) is 19.3 Å². The van der Waals surface area contributed by atoms with E-state index in [2.05, 4.69) is 35.7 Å². The molecule has 6 heteroatoms. The van der Waals surface area contributed by atoms with Gasteiger partial charge in [-0.1, -0.05) is 0 Å². The van der Waals surface area contributed by atoms with Crippen LogP contribution < -0.4 is 15.4 Å². The van der Waals surface area contributed by atoms with Crippen molar-refractivity contribution in [2.24, 2.45) is 0 Å². The Hall–Kier alpha value is -2.26. The molecule has 0 aliphatic heterocycles. The number of hydrogen-bond acceptors (Lipinski definition) is 4. The highest BCUT2D eigenvalue weighted by Gasteiger charge is 2.24. The summed E-state index contributed by atoms with van der Waals surface area (Å²) >= 11 is 0. The first kappa shape index (κ1) is 18.1. The van der Waals surface area contributed by atoms with Gasteiger partial charge in [0, 0.05) is 12.1 Å². The fraction of sp³-hybridized carbons (Fsp3) is 0.556. The molecule has 0 radical (unpaired) electrons. The molecule has 1 saturated carbocycles. The maximum absolute atomic E-state index is 12.0. The highest BCUT2D eigenvalue weighted by atomic mass is 16.5. The summed E-state index contributed by atoms with van der Waals surface area (Å²) in [7, 11) is 4.18. The zero-order valence-electron chi connectivity index (χ0n) is 14.4. The fourth-order valence-electron chi connectivity index (χ4n) is 2.96. The predicted octanol–water partition coefficient (Wildman–Crippen LogP) is 2.11. The smallest absolute Gasteiger partial charge is 0.315 e. The second kappa shape index (κ2) is 9.14. The largest absolute Gasteiger partial charge is 0.492 e. The van der Waals surface area contributed by atoms with Crippen molar-refractivity contribution >= 4 is 6.03 Å². The monoisotopic (exact) mass is 330 g/mol. The lowest BCUT2D eigenvalue weighted by molar-refractivity contribution is 0.192. The van der Waals surface area contributed by atoms with Crippen molar-refractivity contribution in [2.45, 2.75) is 37.8 Å². The number of benzene rings is 1. The molecule has 6 nitrogen and oxygen atoms in total. The van der Waals surface area contributed by atoms with Crippen LogP contribution in [0.3, 0.4) is 0 Å². The van der Waals surface area contributed by atoms with Crippen LogP contribution in [0.15, 0.2) is 24.3 Å². The van der Waals surface area contributed by atoms with Crippen molar-refractivity contribution < 1.29 is 9.53 Å². The molecule has 2 amide bonds. The number of nitriles is 1. The molecule has 1 aromatic rings. The van der Waals surface area contributed by atoms with Crippen molar-refractivity contribution in [3.63, 3.8) is 0 Å². The van der Waals surface area contributed by atoms with Gasteiger partial charge in [0.2, 0.25) is 0 Å². The molecule has 24 heavy (non-hydrogen) atoms. The first-order valence-corrected chi connectivity index (χ1v) is 8.42. The van der Waals surface area contributed by atoms with Crippen molar-refractivity contribution in [1.29, 1.82) is 5.26 Å². The van der Waals surface area contributed by atoms with Gasteiger partial charge in [0.05, 0.1) is 18.2 Å². The number of carbonyl (C=O) groups is 1. The Morgan fingerprint density at radius 1 is 1.33 bits per heavy atom. The molecule has 2 atom stereocenters. The Balaban J connectivity index is 1.63. The second-order valence-electron chi connectivity index (χ2n) is 6.37. The maximum atomic E-state index is 12.0. The zero-order chi connectivity index (χ0) is 17.4. The highest BCUT2D eigenvalue weighted by molar-refractivity contribution is 5.74. The standard InChI is InChI=1S/C18H26N4O2/c1-22(2)16-5-3-4-15(12-16)21-18(23)20-10-11-24-17-8-6-14(13-19)7-9-17/h6-9,15-16H,3-5,10-12H2,1-2H3,(H2,20,21,23)/t15-,16+/m1/s1. The molecule has 0 aromatic heterocycles. The highest BCUT2D eigenvalue weighted by Crippen LogP contribution is 2.21. The number of ether oxygens (including phenoxy) is 1. The van der Waals surface area contributed by atoms with E-state index >= 15 is 0 Å². The molecule has 2 rings (SSSR count). The van der Waals surface area contributed by atoms with Gasteiger partial charge in [0.25, 0.3) is 0 Å². The summed E-state index contributed by atoms with van der Waals surface area (Å²) < 4.78 is 5.54. The van der Waals surface area contributed by atoms with E-state index in [1.807, 2.05) is 0 Å². The quantitative estimate of drug-likeness (QED) is 0.783. The number of rotatable bonds is 6. The molecule has 0 bridgehead atoms. The summed E-state index contributed by atoms with van der Waals surface area (Å²) in [5, 5.41) is 14.6. The minimum Gasteiger partial charge on any atom is -0.492 e. The molecular formula is C18H26N4O2. The van der Waals surface area contributed by atoms with Crippen LogP contribution in [0.4, 0.5) is 4.79 Å². The molecule has 0 heterocycles. The summed E-state index contributed by atoms with van der Waals surface area (Å²) in [5.74, 6) is 0.692. The number of urea groups is 1. The molecular weight excluding hydrogens is 304 g/mol. The number of amides is 2. The van der Waals surface area contributed by atoms with Crippen LogP contribution in [0.25, 0.3) is 0 Å². The van der Waals surface area contributed by atoms with Crippen molar-refractivity contribution in [1.82, 2.24) is 15.5 Å². The third-order valence-electron chi connectivity index (χ3n) is 4.35. The lowest BCUT2D eigenvalue weighted by Gasteiger charge is -2.33. The van der Waals surface area contributed by atoms with E-state index in [4.69, 9.17) is 10.00 Å². The fourth-order valence-corrected chi connectivity index (χ4v) is 2.96. The zero-order valence-corrected chi connectivity index (χ0v) is 14.4. The van der Waals surface area contributed by atoms with Crippen molar-refractivity contribution in [3.05, 3.63) is 29.8 Å². The summed E-state index contributed by atoms with van der Waals surface area (Å²) in [6.45, 7) is 0.833. The Bertz CT molecular complexity index is 565. The summed E-state index contributed by atoms with van der Waals surface area (Å²) in [6, 6.07) is 9.63. The van der Waals surface area contributed by atoms with Gasteiger partial charge < -0.3 is 20.3 Å². The van der Waals surface area contributed by atoms with Gasteiger partial charge in [0.15, 0.2) is 0 Å². The van der Waals surface area contributed by atoms with Crippen molar-refractivity contribution in [2.75, 3.05) is 27.2 Å². The molecule has 0 saturated heterocycles. The van der Waals surface area contributed by atoms with E-state index in [1.54, 1.807) is 24.3 Å². The van der Waals surface area contributed by atoms with Gasteiger partial charge in [-0.3, -0.25) is 0 Å². The lowest BCUT2D eigenvalue weighted by Crippen LogP contribution is -2.47. The average molecular weight is 330 g/mol. The second-order valence-corrected chi connectivity index (χ2v) is 6.37. The van der Waals surface area contributed by atoms with Gasteiger partial charge in [-0.05, 0) is 64.0 Å². The molecule has 130 valence electrons. The normalized spacial score (nSPS) is 20.2. The van der Waals surface area contributed by atoms with Crippen LogP contribution in [0.1, 0.15) is 31.2 Å². The molecule has 0 spiro atoms. The summed E-state index contributed by atoms with van der Waals surface area (Å²) in [5.41, 5.74) is 0.600. The SMILES string of the molecule is CN(C)[C@H]1CCC[C@@H](NC(=O)NCCOc2ccc(C#N)cc2)C1. The number of hydrogen-bond donors (Lipinski definition) is 2. The van der Waals surface area contributed by atoms with Gasteiger partial charge in [0.1, 0.15) is 12.4 Å². The van der Waals surface area contributed by atoms with Crippen LogP contribution in [0, 0.1) is 11.3 Å². The molecule has 2 N–H and O–H groups in total. The van der Waals surface area contributed by atoms with E-state index in [-0.39, 0.29) is 12.1 Å². The number of carbonyl (C=O) groups excluding carboxylic acids is 1. The van der Waals surface area contributed by atoms with E-state index in [9.17, 15) is 4.79 Å². The van der Waals surface area contributed by atoms with Gasteiger partial charge in [-0.2, -0.15) is 5.26 Å². The van der Waals surface area contributed by atoms with Gasteiger partial charge >= 0.3 is 6.03 Å². The van der Waals surface area contributed by atoms with Crippen LogP contribution >= 0.6 is 0 Å². The predicted molar refractivity (Wildman–Crippen MR) is 92.9 cm³/mol. The summed E-state index contributed by atoms with van der Waals surface area (Å²) in [6.07, 6.45) is 4.39.